The van der Waals surface area contributed by atoms with Gasteiger partial charge in [0.2, 0.25) is 0 Å². The summed E-state index contributed by atoms with van der Waals surface area (Å²) in [5.74, 6) is 0.114. The number of benzene rings is 2. The first-order chi connectivity index (χ1) is 19.6. The minimum absolute atomic E-state index is 0.0262. The lowest BCUT2D eigenvalue weighted by atomic mass is 10.1. The number of thiazole rings is 1. The van der Waals surface area contributed by atoms with Crippen LogP contribution in [0.15, 0.2) is 52.5 Å². The van der Waals surface area contributed by atoms with Gasteiger partial charge in [0.1, 0.15) is 18.5 Å². The number of aliphatic hydroxyl groups excluding tert-OH is 1. The van der Waals surface area contributed by atoms with Gasteiger partial charge in [0.25, 0.3) is 5.91 Å². The van der Waals surface area contributed by atoms with Gasteiger partial charge in [-0.3, -0.25) is 10.1 Å². The Morgan fingerprint density at radius 2 is 1.95 bits per heavy atom. The molecule has 11 nitrogen and oxygen atoms in total. The summed E-state index contributed by atoms with van der Waals surface area (Å²) < 4.78 is 36.9. The molecule has 2 N–H and O–H groups in total. The summed E-state index contributed by atoms with van der Waals surface area (Å²) in [5, 5.41) is 17.2. The number of oxime groups is 1. The van der Waals surface area contributed by atoms with Crippen LogP contribution in [0.4, 0.5) is 5.13 Å². The van der Waals surface area contributed by atoms with E-state index in [9.17, 15) is 18.3 Å². The number of aromatic nitrogens is 1. The number of fused-ring (bicyclic) bond motifs is 1. The van der Waals surface area contributed by atoms with Gasteiger partial charge in [-0.2, -0.15) is 0 Å². The molecule has 1 aromatic heterocycles. The summed E-state index contributed by atoms with van der Waals surface area (Å²) in [6, 6.07) is 11.5. The molecule has 222 valence electrons. The van der Waals surface area contributed by atoms with Crippen molar-refractivity contribution < 1.29 is 32.6 Å². The molecule has 1 aliphatic rings. The van der Waals surface area contributed by atoms with Crippen LogP contribution >= 0.6 is 11.3 Å². The Labute approximate surface area is 244 Å². The lowest BCUT2D eigenvalue weighted by molar-refractivity contribution is -0.110. The van der Waals surface area contributed by atoms with E-state index < -0.39 is 21.8 Å². The van der Waals surface area contributed by atoms with Crippen molar-refractivity contribution in [3.05, 3.63) is 48.0 Å². The Hall–Kier alpha value is -3.10. The topological polar surface area (TPSA) is 140 Å². The zero-order valence-electron chi connectivity index (χ0n) is 23.4. The smallest absolute Gasteiger partial charge is 0.280 e. The second kappa shape index (κ2) is 14.2. The van der Waals surface area contributed by atoms with Crippen molar-refractivity contribution in [2.24, 2.45) is 5.16 Å². The summed E-state index contributed by atoms with van der Waals surface area (Å²) in [5.41, 5.74) is 1.07. The van der Waals surface area contributed by atoms with Crippen molar-refractivity contribution in [2.45, 2.75) is 42.8 Å². The highest BCUT2D eigenvalue weighted by Crippen LogP contribution is 2.30. The van der Waals surface area contributed by atoms with Crippen molar-refractivity contribution in [1.29, 1.82) is 0 Å². The number of carbonyl (C=O) groups is 1. The molecule has 0 aliphatic heterocycles. The van der Waals surface area contributed by atoms with Crippen LogP contribution in [0.2, 0.25) is 0 Å². The van der Waals surface area contributed by atoms with Crippen LogP contribution in [0.25, 0.3) is 10.2 Å². The molecule has 0 unspecified atom stereocenters. The van der Waals surface area contributed by atoms with Crippen LogP contribution in [0, 0.1) is 0 Å². The van der Waals surface area contributed by atoms with E-state index in [1.165, 1.54) is 42.7 Å². The molecule has 0 saturated heterocycles. The van der Waals surface area contributed by atoms with Crippen LogP contribution in [-0.4, -0.2) is 94.0 Å². The maximum atomic E-state index is 13.4. The van der Waals surface area contributed by atoms with E-state index in [2.05, 4.69) is 15.5 Å². The highest BCUT2D eigenvalue weighted by molar-refractivity contribution is 7.91. The number of rotatable bonds is 14. The first-order valence-corrected chi connectivity index (χ1v) is 15.8. The van der Waals surface area contributed by atoms with Crippen LogP contribution in [0.5, 0.6) is 5.75 Å². The van der Waals surface area contributed by atoms with Gasteiger partial charge < -0.3 is 24.3 Å². The molecular formula is C28H36N4O7S2. The molecule has 41 heavy (non-hydrogen) atoms. The molecular weight excluding hydrogens is 568 g/mol. The summed E-state index contributed by atoms with van der Waals surface area (Å²) in [7, 11) is 1.97. The first-order valence-electron chi connectivity index (χ1n) is 13.4. The lowest BCUT2D eigenvalue weighted by Crippen LogP contribution is -2.25. The fourth-order valence-corrected chi connectivity index (χ4v) is 6.42. The quantitative estimate of drug-likeness (QED) is 0.161. The number of methoxy groups -OCH3 is 1. The average molecular weight is 605 g/mol. The van der Waals surface area contributed by atoms with Gasteiger partial charge in [0.15, 0.2) is 20.7 Å². The van der Waals surface area contributed by atoms with Gasteiger partial charge in [-0.1, -0.05) is 28.6 Å². The predicted octanol–water partition coefficient (Wildman–Crippen LogP) is 3.32. The van der Waals surface area contributed by atoms with Crippen LogP contribution in [-0.2, 0) is 24.2 Å². The molecule has 1 aliphatic carbocycles. The van der Waals surface area contributed by atoms with E-state index in [0.29, 0.717) is 60.9 Å². The monoisotopic (exact) mass is 604 g/mol. The number of aliphatic hydroxyl groups is 1. The maximum Gasteiger partial charge on any atom is 0.280 e. The Bertz CT molecular complexity index is 1460. The molecule has 3 aromatic rings. The Balaban J connectivity index is 1.52. The molecule has 1 fully saturated rings. The van der Waals surface area contributed by atoms with E-state index in [1.54, 1.807) is 0 Å². The van der Waals surface area contributed by atoms with Crippen molar-refractivity contribution in [3.8, 4) is 5.75 Å². The van der Waals surface area contributed by atoms with Crippen LogP contribution in [0.1, 0.15) is 31.2 Å². The summed E-state index contributed by atoms with van der Waals surface area (Å²) in [4.78, 5) is 25.8. The molecule has 2 aromatic carbocycles. The number of anilines is 1. The Kier molecular flexibility index (Phi) is 10.7. The number of amides is 1. The second-order valence-electron chi connectivity index (χ2n) is 10.1. The highest BCUT2D eigenvalue weighted by Gasteiger charge is 2.26. The molecule has 0 radical (unpaired) electrons. The largest absolute Gasteiger partial charge is 0.492 e. The molecule has 0 bridgehead atoms. The first kappa shape index (κ1) is 30.8. The molecule has 1 saturated carbocycles. The van der Waals surface area contributed by atoms with E-state index in [0.717, 1.165) is 11.2 Å². The normalized spacial score (nSPS) is 17.7. The fourth-order valence-electron chi connectivity index (χ4n) is 4.25. The zero-order valence-corrected chi connectivity index (χ0v) is 25.0. The number of hydrogen-bond acceptors (Lipinski definition) is 11. The van der Waals surface area contributed by atoms with E-state index in [-0.39, 0.29) is 22.5 Å². The maximum absolute atomic E-state index is 13.4. The predicted molar refractivity (Wildman–Crippen MR) is 159 cm³/mol. The third-order valence-electron chi connectivity index (χ3n) is 6.50. The van der Waals surface area contributed by atoms with Crippen LogP contribution in [0.3, 0.4) is 0 Å². The van der Waals surface area contributed by atoms with Crippen molar-refractivity contribution in [1.82, 2.24) is 9.88 Å². The molecule has 13 heteroatoms. The van der Waals surface area contributed by atoms with Crippen molar-refractivity contribution in [3.63, 3.8) is 0 Å². The third-order valence-corrected chi connectivity index (χ3v) is 9.25. The molecule has 0 spiro atoms. The van der Waals surface area contributed by atoms with Gasteiger partial charge >= 0.3 is 0 Å². The number of nitrogens with zero attached hydrogens (tertiary/aromatic N) is 3. The number of nitrogens with one attached hydrogen (secondary N) is 1. The minimum atomic E-state index is -3.50. The molecule has 1 amide bonds. The number of likely N-dealkylation sites (N-methyl/N-ethyl adjacent to an activating group) is 1. The third kappa shape index (κ3) is 8.69. The van der Waals surface area contributed by atoms with Crippen molar-refractivity contribution in [2.75, 3.05) is 52.0 Å². The Morgan fingerprint density at radius 1 is 1.17 bits per heavy atom. The number of carbonyl (C=O) groups excluding carboxylic acids is 1. The molecule has 4 rings (SSSR count). The Morgan fingerprint density at radius 3 is 2.63 bits per heavy atom. The zero-order chi connectivity index (χ0) is 29.4. The fraction of sp³-hybridized carbons (Fsp3) is 0.464. The van der Waals surface area contributed by atoms with E-state index >= 15 is 0 Å². The average Bonchev–Trinajstić information content (AvgIpc) is 3.53. The van der Waals surface area contributed by atoms with Gasteiger partial charge in [0.05, 0.1) is 27.0 Å². The van der Waals surface area contributed by atoms with Gasteiger partial charge in [-0.05, 0) is 63.7 Å². The minimum Gasteiger partial charge on any atom is -0.492 e. The van der Waals surface area contributed by atoms with E-state index in [4.69, 9.17) is 14.3 Å². The standard InChI is InChI=1S/C28H36N4O7S2/c1-32(2)13-15-38-21-9-12-24-25(18-21)40-28(29-24)30-27(34)26(31-39-22-8-7-20(33)17-22)19-5-10-23(11-6-19)41(35,36)16-4-14-37-3/h5-6,9-12,18,20,22,33H,4,7-8,13-17H2,1-3H3,(H,29,30,34)/t20-,22-/m1/s1. The SMILES string of the molecule is COCCCS(=O)(=O)c1ccc(C(=NO[C@@H]2CC[C@@H](O)C2)C(=O)Nc2nc3ccc(OCCN(C)C)cc3s2)cc1. The van der Waals surface area contributed by atoms with Gasteiger partial charge in [-0.15, -0.1) is 0 Å². The highest BCUT2D eigenvalue weighted by atomic mass is 32.2. The number of ether oxygens (including phenoxy) is 2. The van der Waals surface area contributed by atoms with Crippen molar-refractivity contribution >= 4 is 48.1 Å². The lowest BCUT2D eigenvalue weighted by Gasteiger charge is -2.11. The number of hydrogen-bond donors (Lipinski definition) is 2. The van der Waals surface area contributed by atoms with Gasteiger partial charge in [0, 0.05) is 32.2 Å². The molecule has 2 atom stereocenters. The summed E-state index contributed by atoms with van der Waals surface area (Å²) in [6.07, 6.45) is 1.24. The van der Waals surface area contributed by atoms with Gasteiger partial charge in [-0.25, -0.2) is 13.4 Å². The summed E-state index contributed by atoms with van der Waals surface area (Å²) >= 11 is 1.30. The second-order valence-corrected chi connectivity index (χ2v) is 13.2. The van der Waals surface area contributed by atoms with Crippen LogP contribution < -0.4 is 10.1 Å². The summed E-state index contributed by atoms with van der Waals surface area (Å²) in [6.45, 7) is 1.68. The molecule has 1 heterocycles. The number of sulfone groups is 1. The van der Waals surface area contributed by atoms with E-state index in [1.807, 2.05) is 37.2 Å².